The Balaban J connectivity index is 2.62. The third-order valence-corrected chi connectivity index (χ3v) is 5.84. The molecule has 0 radical (unpaired) electrons. The summed E-state index contributed by atoms with van der Waals surface area (Å²) < 4.78 is 4.09. The Morgan fingerprint density at radius 3 is 2.79 bits per heavy atom. The van der Waals surface area contributed by atoms with E-state index in [-0.39, 0.29) is 0 Å². The van der Waals surface area contributed by atoms with Crippen LogP contribution in [0.2, 0.25) is 0 Å². The van der Waals surface area contributed by atoms with E-state index in [0.717, 1.165) is 0 Å². The lowest BCUT2D eigenvalue weighted by molar-refractivity contribution is 1.58. The summed E-state index contributed by atoms with van der Waals surface area (Å²) in [4.78, 5) is 0. The molecule has 0 saturated heterocycles. The van der Waals surface area contributed by atoms with E-state index >= 15 is 0 Å². The van der Waals surface area contributed by atoms with Gasteiger partial charge in [0.15, 0.2) is 0 Å². The maximum atomic E-state index is 3.60. The monoisotopic (exact) mass is 282 g/mol. The van der Waals surface area contributed by atoms with Crippen LogP contribution in [-0.2, 0) is 0 Å². The van der Waals surface area contributed by atoms with Crippen LogP contribution in [0.1, 0.15) is 5.56 Å². The van der Waals surface area contributed by atoms with Gasteiger partial charge in [-0.3, -0.25) is 0 Å². The standard InChI is InChI=1S/C11H7BrS2/c1-6-9-7-4-2-3-5-8(7)13-11(9)14-10(6)12/h2-5H,1H3. The van der Waals surface area contributed by atoms with Gasteiger partial charge >= 0.3 is 0 Å². The first-order chi connectivity index (χ1) is 6.77. The highest BCUT2D eigenvalue weighted by Gasteiger charge is 2.11. The molecule has 14 heavy (non-hydrogen) atoms. The van der Waals surface area contributed by atoms with Crippen LogP contribution in [0.3, 0.4) is 0 Å². The van der Waals surface area contributed by atoms with Crippen molar-refractivity contribution in [1.82, 2.24) is 0 Å². The molecular weight excluding hydrogens is 276 g/mol. The maximum absolute atomic E-state index is 3.60. The van der Waals surface area contributed by atoms with Crippen molar-refractivity contribution >= 4 is 58.1 Å². The van der Waals surface area contributed by atoms with E-state index in [9.17, 15) is 0 Å². The van der Waals surface area contributed by atoms with Crippen LogP contribution in [0.25, 0.3) is 19.5 Å². The fraction of sp³-hybridized carbons (Fsp3) is 0.0909. The molecule has 0 unspecified atom stereocenters. The van der Waals surface area contributed by atoms with Crippen molar-refractivity contribution in [2.45, 2.75) is 6.92 Å². The Morgan fingerprint density at radius 2 is 1.93 bits per heavy atom. The Bertz CT molecular complexity index is 619. The van der Waals surface area contributed by atoms with E-state index in [1.54, 1.807) is 0 Å². The van der Waals surface area contributed by atoms with E-state index in [4.69, 9.17) is 0 Å². The summed E-state index contributed by atoms with van der Waals surface area (Å²) in [6.07, 6.45) is 0. The van der Waals surface area contributed by atoms with Crippen LogP contribution >= 0.6 is 38.6 Å². The summed E-state index contributed by atoms with van der Waals surface area (Å²) in [6.45, 7) is 2.18. The highest BCUT2D eigenvalue weighted by Crippen LogP contribution is 2.44. The number of rotatable bonds is 0. The van der Waals surface area contributed by atoms with Crippen LogP contribution in [0.5, 0.6) is 0 Å². The fourth-order valence-corrected chi connectivity index (χ4v) is 5.17. The first-order valence-electron chi connectivity index (χ1n) is 4.33. The Kier molecular flexibility index (Phi) is 1.94. The Morgan fingerprint density at radius 1 is 1.14 bits per heavy atom. The molecule has 0 spiro atoms. The topological polar surface area (TPSA) is 0 Å². The van der Waals surface area contributed by atoms with Crippen molar-refractivity contribution in [1.29, 1.82) is 0 Å². The van der Waals surface area contributed by atoms with Gasteiger partial charge in [-0.15, -0.1) is 22.7 Å². The number of aryl methyl sites for hydroxylation is 1. The third kappa shape index (κ3) is 1.09. The normalized spacial score (nSPS) is 11.6. The second-order valence-corrected chi connectivity index (χ2v) is 6.91. The average Bonchev–Trinajstić information content (AvgIpc) is 2.65. The summed E-state index contributed by atoms with van der Waals surface area (Å²) in [6, 6.07) is 8.62. The van der Waals surface area contributed by atoms with Gasteiger partial charge in [-0.2, -0.15) is 0 Å². The zero-order valence-electron chi connectivity index (χ0n) is 7.50. The van der Waals surface area contributed by atoms with Gasteiger partial charge in [-0.25, -0.2) is 0 Å². The number of hydrogen-bond acceptors (Lipinski definition) is 2. The number of fused-ring (bicyclic) bond motifs is 3. The summed E-state index contributed by atoms with van der Waals surface area (Å²) in [5.74, 6) is 0. The molecule has 0 aliphatic carbocycles. The molecular formula is C11H7BrS2. The quantitative estimate of drug-likeness (QED) is 0.533. The molecule has 1 aromatic carbocycles. The zero-order chi connectivity index (χ0) is 9.71. The van der Waals surface area contributed by atoms with Gasteiger partial charge in [0.2, 0.25) is 0 Å². The lowest BCUT2D eigenvalue weighted by Gasteiger charge is -1.90. The predicted octanol–water partition coefficient (Wildman–Crippen LogP) is 5.19. The molecule has 3 aromatic rings. The second-order valence-electron chi connectivity index (χ2n) is 3.26. The van der Waals surface area contributed by atoms with Gasteiger partial charge in [0.25, 0.3) is 0 Å². The number of benzene rings is 1. The highest BCUT2D eigenvalue weighted by atomic mass is 79.9. The second kappa shape index (κ2) is 3.05. The smallest absolute Gasteiger partial charge is 0.0892 e. The average molecular weight is 283 g/mol. The van der Waals surface area contributed by atoms with E-state index in [1.165, 1.54) is 28.8 Å². The lowest BCUT2D eigenvalue weighted by atomic mass is 10.1. The summed E-state index contributed by atoms with van der Waals surface area (Å²) in [7, 11) is 0. The first kappa shape index (κ1) is 8.89. The van der Waals surface area contributed by atoms with Gasteiger partial charge in [-0.1, -0.05) is 18.2 Å². The van der Waals surface area contributed by atoms with Crippen molar-refractivity contribution in [2.75, 3.05) is 0 Å². The number of thiophene rings is 2. The van der Waals surface area contributed by atoms with Gasteiger partial charge in [0.1, 0.15) is 0 Å². The maximum Gasteiger partial charge on any atom is 0.0892 e. The minimum Gasteiger partial charge on any atom is -0.124 e. The molecule has 0 bridgehead atoms. The molecule has 70 valence electrons. The predicted molar refractivity (Wildman–Crippen MR) is 69.6 cm³/mol. The van der Waals surface area contributed by atoms with Crippen molar-refractivity contribution in [3.05, 3.63) is 33.6 Å². The van der Waals surface area contributed by atoms with E-state index < -0.39 is 0 Å². The van der Waals surface area contributed by atoms with Crippen LogP contribution in [-0.4, -0.2) is 0 Å². The van der Waals surface area contributed by atoms with Gasteiger partial charge in [0, 0.05) is 15.5 Å². The molecule has 0 N–H and O–H groups in total. The summed E-state index contributed by atoms with van der Waals surface area (Å²) in [5.41, 5.74) is 1.38. The summed E-state index contributed by atoms with van der Waals surface area (Å²) >= 11 is 7.32. The van der Waals surface area contributed by atoms with Crippen LogP contribution < -0.4 is 0 Å². The molecule has 2 heterocycles. The van der Waals surface area contributed by atoms with Crippen LogP contribution in [0.4, 0.5) is 0 Å². The number of halogens is 1. The van der Waals surface area contributed by atoms with Gasteiger partial charge < -0.3 is 0 Å². The molecule has 0 atom stereocenters. The highest BCUT2D eigenvalue weighted by molar-refractivity contribution is 9.11. The Hall–Kier alpha value is -0.380. The zero-order valence-corrected chi connectivity index (χ0v) is 10.7. The molecule has 0 fully saturated rings. The molecule has 3 rings (SSSR count). The van der Waals surface area contributed by atoms with Gasteiger partial charge in [-0.05, 0) is 34.5 Å². The van der Waals surface area contributed by atoms with E-state index in [0.29, 0.717) is 0 Å². The molecule has 0 saturated carbocycles. The number of hydrogen-bond donors (Lipinski definition) is 0. The molecule has 3 heteroatoms. The SMILES string of the molecule is Cc1c(Br)sc2sc3ccccc3c12. The minimum atomic E-state index is 1.27. The van der Waals surface area contributed by atoms with Crippen molar-refractivity contribution in [3.63, 3.8) is 0 Å². The van der Waals surface area contributed by atoms with Crippen molar-refractivity contribution < 1.29 is 0 Å². The van der Waals surface area contributed by atoms with Crippen molar-refractivity contribution in [2.24, 2.45) is 0 Å². The van der Waals surface area contributed by atoms with Gasteiger partial charge in [0.05, 0.1) is 7.80 Å². The van der Waals surface area contributed by atoms with E-state index in [1.807, 2.05) is 22.7 Å². The fourth-order valence-electron chi connectivity index (χ4n) is 1.71. The summed E-state index contributed by atoms with van der Waals surface area (Å²) in [5, 5.41) is 2.83. The lowest BCUT2D eigenvalue weighted by Crippen LogP contribution is -1.66. The van der Waals surface area contributed by atoms with Crippen molar-refractivity contribution in [3.8, 4) is 0 Å². The third-order valence-electron chi connectivity index (χ3n) is 2.42. The van der Waals surface area contributed by atoms with Crippen LogP contribution in [0.15, 0.2) is 28.1 Å². The first-order valence-corrected chi connectivity index (χ1v) is 6.76. The Labute approximate surface area is 98.3 Å². The minimum absolute atomic E-state index is 1.27. The van der Waals surface area contributed by atoms with E-state index in [2.05, 4.69) is 47.1 Å². The molecule has 0 aliphatic heterocycles. The molecule has 0 amide bonds. The van der Waals surface area contributed by atoms with Crippen LogP contribution in [0, 0.1) is 6.92 Å². The molecule has 2 aromatic heterocycles. The molecule has 0 nitrogen and oxygen atoms in total. The largest absolute Gasteiger partial charge is 0.124 e. The molecule has 0 aliphatic rings.